The lowest BCUT2D eigenvalue weighted by atomic mass is 10.2. The summed E-state index contributed by atoms with van der Waals surface area (Å²) in [7, 11) is 0. The first-order valence-corrected chi connectivity index (χ1v) is 4.30. The second-order valence-electron chi connectivity index (χ2n) is 2.01. The molecular formula is C7H5ClINO. The van der Waals surface area contributed by atoms with Gasteiger partial charge in [0, 0.05) is 9.26 Å². The summed E-state index contributed by atoms with van der Waals surface area (Å²) in [6.07, 6.45) is 0.660. The van der Waals surface area contributed by atoms with Crippen molar-refractivity contribution in [3.8, 4) is 0 Å². The van der Waals surface area contributed by atoms with E-state index in [1.54, 1.807) is 12.1 Å². The maximum atomic E-state index is 10.4. The number of aldehydes is 1. The summed E-state index contributed by atoms with van der Waals surface area (Å²) in [6, 6.07) is 3.40. The van der Waals surface area contributed by atoms with Crippen LogP contribution in [0.2, 0.25) is 5.02 Å². The number of carbonyl (C=O) groups excluding carboxylic acids is 1. The van der Waals surface area contributed by atoms with E-state index in [9.17, 15) is 4.79 Å². The number of rotatable bonds is 1. The van der Waals surface area contributed by atoms with Crippen molar-refractivity contribution in [2.24, 2.45) is 0 Å². The molecule has 0 atom stereocenters. The van der Waals surface area contributed by atoms with Crippen LogP contribution in [0, 0.1) is 3.57 Å². The average molecular weight is 281 g/mol. The van der Waals surface area contributed by atoms with Crippen molar-refractivity contribution < 1.29 is 4.79 Å². The van der Waals surface area contributed by atoms with E-state index < -0.39 is 0 Å². The number of hydrogen-bond donors (Lipinski definition) is 1. The molecule has 0 heterocycles. The highest BCUT2D eigenvalue weighted by atomic mass is 127. The van der Waals surface area contributed by atoms with Crippen LogP contribution in [0.25, 0.3) is 0 Å². The van der Waals surface area contributed by atoms with Crippen LogP contribution in [0.5, 0.6) is 0 Å². The third kappa shape index (κ3) is 1.84. The fourth-order valence-corrected chi connectivity index (χ4v) is 1.83. The molecule has 0 fully saturated rings. The van der Waals surface area contributed by atoms with Gasteiger partial charge in [0.05, 0.1) is 10.6 Å². The molecule has 0 aromatic heterocycles. The molecule has 0 unspecified atom stereocenters. The lowest BCUT2D eigenvalue weighted by Gasteiger charge is -2.00. The Hall–Kier alpha value is -0.290. The van der Waals surface area contributed by atoms with Gasteiger partial charge in [-0.2, -0.15) is 0 Å². The Morgan fingerprint density at radius 3 is 2.64 bits per heavy atom. The van der Waals surface area contributed by atoms with Crippen LogP contribution in [-0.2, 0) is 0 Å². The van der Waals surface area contributed by atoms with Crippen LogP contribution in [0.15, 0.2) is 12.1 Å². The Bertz CT molecular complexity index is 277. The van der Waals surface area contributed by atoms with Crippen LogP contribution in [0.3, 0.4) is 0 Å². The molecule has 0 aliphatic rings. The summed E-state index contributed by atoms with van der Waals surface area (Å²) >= 11 is 7.80. The van der Waals surface area contributed by atoms with Gasteiger partial charge in [0.1, 0.15) is 0 Å². The van der Waals surface area contributed by atoms with Crippen LogP contribution >= 0.6 is 34.2 Å². The van der Waals surface area contributed by atoms with Gasteiger partial charge in [-0.3, -0.25) is 4.79 Å². The largest absolute Gasteiger partial charge is 0.398 e. The highest BCUT2D eigenvalue weighted by Gasteiger charge is 2.03. The number of nitrogens with two attached hydrogens (primary N) is 1. The van der Waals surface area contributed by atoms with Crippen LogP contribution in [-0.4, -0.2) is 6.29 Å². The van der Waals surface area contributed by atoms with E-state index >= 15 is 0 Å². The smallest absolute Gasteiger partial charge is 0.153 e. The molecular weight excluding hydrogens is 276 g/mol. The summed E-state index contributed by atoms with van der Waals surface area (Å²) < 4.78 is 0.927. The van der Waals surface area contributed by atoms with Gasteiger partial charge in [0.2, 0.25) is 0 Å². The Morgan fingerprint density at radius 2 is 2.18 bits per heavy atom. The van der Waals surface area contributed by atoms with E-state index in [1.807, 2.05) is 0 Å². The number of nitrogen functional groups attached to an aromatic ring is 1. The van der Waals surface area contributed by atoms with Gasteiger partial charge in [-0.1, -0.05) is 11.6 Å². The first kappa shape index (κ1) is 8.80. The van der Waals surface area contributed by atoms with Gasteiger partial charge < -0.3 is 5.73 Å². The van der Waals surface area contributed by atoms with Crippen molar-refractivity contribution in [1.82, 2.24) is 0 Å². The third-order valence-electron chi connectivity index (χ3n) is 1.24. The summed E-state index contributed by atoms with van der Waals surface area (Å²) in [5, 5.41) is 0.407. The van der Waals surface area contributed by atoms with Crippen molar-refractivity contribution >= 4 is 46.2 Å². The van der Waals surface area contributed by atoms with E-state index in [4.69, 9.17) is 17.3 Å². The van der Waals surface area contributed by atoms with Gasteiger partial charge in [-0.25, -0.2) is 0 Å². The van der Waals surface area contributed by atoms with Crippen molar-refractivity contribution in [2.75, 3.05) is 5.73 Å². The Balaban J connectivity index is 3.36. The molecule has 0 saturated heterocycles. The Morgan fingerprint density at radius 1 is 1.55 bits per heavy atom. The number of halogens is 2. The second-order valence-corrected chi connectivity index (χ2v) is 3.66. The summed E-state index contributed by atoms with van der Waals surface area (Å²) in [6.45, 7) is 0. The van der Waals surface area contributed by atoms with Gasteiger partial charge in [-0.15, -0.1) is 0 Å². The zero-order valence-corrected chi connectivity index (χ0v) is 8.39. The first-order chi connectivity index (χ1) is 5.15. The molecule has 0 bridgehead atoms. The fraction of sp³-hybridized carbons (Fsp3) is 0. The molecule has 1 aromatic carbocycles. The molecule has 1 aromatic rings. The molecule has 2 nitrogen and oxygen atoms in total. The van der Waals surface area contributed by atoms with E-state index in [0.29, 0.717) is 22.6 Å². The number of hydrogen-bond acceptors (Lipinski definition) is 2. The summed E-state index contributed by atoms with van der Waals surface area (Å²) in [5.41, 5.74) is 6.31. The zero-order chi connectivity index (χ0) is 8.43. The molecule has 0 saturated carbocycles. The zero-order valence-electron chi connectivity index (χ0n) is 5.47. The fourth-order valence-electron chi connectivity index (χ4n) is 0.729. The molecule has 0 amide bonds. The molecule has 4 heteroatoms. The number of anilines is 1. The molecule has 0 aliphatic carbocycles. The summed E-state index contributed by atoms with van der Waals surface area (Å²) in [5.74, 6) is 0. The van der Waals surface area contributed by atoms with Crippen LogP contribution in [0.4, 0.5) is 5.69 Å². The normalized spacial score (nSPS) is 9.64. The lowest BCUT2D eigenvalue weighted by molar-refractivity contribution is 0.112. The minimum atomic E-state index is 0.368. The topological polar surface area (TPSA) is 43.1 Å². The van der Waals surface area contributed by atoms with Crippen molar-refractivity contribution in [3.63, 3.8) is 0 Å². The van der Waals surface area contributed by atoms with E-state index in [2.05, 4.69) is 22.6 Å². The van der Waals surface area contributed by atoms with Gasteiger partial charge in [0.25, 0.3) is 0 Å². The van der Waals surface area contributed by atoms with Gasteiger partial charge in [0.15, 0.2) is 6.29 Å². The first-order valence-electron chi connectivity index (χ1n) is 2.85. The summed E-state index contributed by atoms with van der Waals surface area (Å²) in [4.78, 5) is 10.4. The SMILES string of the molecule is Nc1cc(I)cc(Cl)c1C=O. The highest BCUT2D eigenvalue weighted by molar-refractivity contribution is 14.1. The molecule has 1 rings (SSSR count). The molecule has 2 N–H and O–H groups in total. The quantitative estimate of drug-likeness (QED) is 0.488. The van der Waals surface area contributed by atoms with Gasteiger partial charge >= 0.3 is 0 Å². The highest BCUT2D eigenvalue weighted by Crippen LogP contribution is 2.23. The van der Waals surface area contributed by atoms with E-state index in [0.717, 1.165) is 3.57 Å². The molecule has 58 valence electrons. The van der Waals surface area contributed by atoms with Gasteiger partial charge in [-0.05, 0) is 34.7 Å². The minimum absolute atomic E-state index is 0.368. The monoisotopic (exact) mass is 281 g/mol. The predicted octanol–water partition coefficient (Wildman–Crippen LogP) is 2.34. The predicted molar refractivity (Wildman–Crippen MR) is 54.0 cm³/mol. The average Bonchev–Trinajstić information content (AvgIpc) is 1.85. The van der Waals surface area contributed by atoms with E-state index in [-0.39, 0.29) is 0 Å². The maximum Gasteiger partial charge on any atom is 0.153 e. The molecule has 11 heavy (non-hydrogen) atoms. The van der Waals surface area contributed by atoms with Crippen LogP contribution < -0.4 is 5.73 Å². The maximum absolute atomic E-state index is 10.4. The number of benzene rings is 1. The van der Waals surface area contributed by atoms with Crippen molar-refractivity contribution in [3.05, 3.63) is 26.3 Å². The Labute approximate surface area is 82.9 Å². The van der Waals surface area contributed by atoms with Crippen LogP contribution in [0.1, 0.15) is 10.4 Å². The second kappa shape index (κ2) is 3.40. The third-order valence-corrected chi connectivity index (χ3v) is 2.18. The molecule has 0 radical (unpaired) electrons. The van der Waals surface area contributed by atoms with Crippen molar-refractivity contribution in [2.45, 2.75) is 0 Å². The standard InChI is InChI=1S/C7H5ClINO/c8-6-1-4(9)2-7(10)5(6)3-11/h1-3H,10H2. The van der Waals surface area contributed by atoms with E-state index in [1.165, 1.54) is 0 Å². The lowest BCUT2D eigenvalue weighted by Crippen LogP contribution is -1.94. The molecule has 0 spiro atoms. The minimum Gasteiger partial charge on any atom is -0.398 e. The molecule has 0 aliphatic heterocycles. The van der Waals surface area contributed by atoms with Crippen molar-refractivity contribution in [1.29, 1.82) is 0 Å². The Kier molecular flexibility index (Phi) is 2.72. The number of carbonyl (C=O) groups is 1.